The molecule has 4 bridgehead atoms. The van der Waals surface area contributed by atoms with Gasteiger partial charge in [-0.15, -0.1) is 0 Å². The fraction of sp³-hybridized carbons (Fsp3) is 0.619. The summed E-state index contributed by atoms with van der Waals surface area (Å²) in [5.74, 6) is 2.92. The van der Waals surface area contributed by atoms with Crippen molar-refractivity contribution in [3.05, 3.63) is 29.5 Å². The van der Waals surface area contributed by atoms with Gasteiger partial charge < -0.3 is 14.8 Å². The number of fused-ring (bicyclic) bond motifs is 4. The van der Waals surface area contributed by atoms with E-state index in [1.165, 1.54) is 41.4 Å². The van der Waals surface area contributed by atoms with Crippen molar-refractivity contribution in [3.63, 3.8) is 0 Å². The van der Waals surface area contributed by atoms with Crippen LogP contribution in [0.2, 0.25) is 0 Å². The van der Waals surface area contributed by atoms with Gasteiger partial charge in [0.2, 0.25) is 0 Å². The van der Waals surface area contributed by atoms with Crippen molar-refractivity contribution in [3.8, 4) is 5.75 Å². The van der Waals surface area contributed by atoms with E-state index in [-0.39, 0.29) is 0 Å². The molecule has 0 amide bonds. The van der Waals surface area contributed by atoms with E-state index in [1.54, 1.807) is 7.11 Å². The molecule has 2 aromatic rings. The topological polar surface area (TPSA) is 48.5 Å². The Hall–Kier alpha value is -1.52. The lowest BCUT2D eigenvalue weighted by molar-refractivity contribution is -0.0799. The predicted molar refractivity (Wildman–Crippen MR) is 99.2 cm³/mol. The van der Waals surface area contributed by atoms with Crippen LogP contribution in [0.1, 0.15) is 43.4 Å². The largest absolute Gasteiger partial charge is 0.497 e. The van der Waals surface area contributed by atoms with Crippen LogP contribution in [0.3, 0.4) is 0 Å². The lowest BCUT2D eigenvalue weighted by Gasteiger charge is -2.57. The fourth-order valence-electron chi connectivity index (χ4n) is 6.19. The molecule has 1 saturated carbocycles. The van der Waals surface area contributed by atoms with Crippen molar-refractivity contribution in [2.75, 3.05) is 20.3 Å². The third-order valence-electron chi connectivity index (χ3n) is 7.26. The highest BCUT2D eigenvalue weighted by Crippen LogP contribution is 2.53. The monoisotopic (exact) mass is 340 g/mol. The van der Waals surface area contributed by atoms with Crippen molar-refractivity contribution in [1.29, 1.82) is 0 Å². The highest BCUT2D eigenvalue weighted by molar-refractivity contribution is 5.86. The first kappa shape index (κ1) is 15.7. The molecule has 4 unspecified atom stereocenters. The first-order valence-electron chi connectivity index (χ1n) is 9.80. The number of benzene rings is 1. The number of piperidine rings is 2. The molecule has 4 heterocycles. The van der Waals surface area contributed by atoms with E-state index in [9.17, 15) is 5.11 Å². The zero-order valence-electron chi connectivity index (χ0n) is 15.2. The molecule has 4 aliphatic rings. The van der Waals surface area contributed by atoms with Gasteiger partial charge in [0.15, 0.2) is 0 Å². The van der Waals surface area contributed by atoms with E-state index in [0.717, 1.165) is 24.6 Å². The van der Waals surface area contributed by atoms with E-state index in [2.05, 4.69) is 28.9 Å². The number of aliphatic hydroxyl groups excluding tert-OH is 1. The van der Waals surface area contributed by atoms with Crippen molar-refractivity contribution in [1.82, 2.24) is 9.88 Å². The Morgan fingerprint density at radius 3 is 2.96 bits per heavy atom. The maximum atomic E-state index is 10.0. The van der Waals surface area contributed by atoms with Gasteiger partial charge in [-0.25, -0.2) is 0 Å². The molecule has 1 aromatic heterocycles. The SMILES string of the molecule is CCC1C[C@H]2C[C@H]3c4[nH]c5ccc(OC)cc5c4CCN(C2CO)C13. The fourth-order valence-corrected chi connectivity index (χ4v) is 6.19. The standard InChI is InChI=1S/C21H28N2O2/c1-3-12-8-13-9-17-20-15(6-7-23(21(12)17)19(13)11-24)16-10-14(25-2)4-5-18(16)22-20/h4-5,10,12-13,17,19,21-22,24H,3,6-9,11H2,1-2H3/t12?,13-,17-,19?,21?/m0/s1. The Balaban J connectivity index is 1.65. The summed E-state index contributed by atoms with van der Waals surface area (Å²) in [6, 6.07) is 7.36. The Labute approximate surface area is 149 Å². The average molecular weight is 340 g/mol. The molecule has 0 spiro atoms. The van der Waals surface area contributed by atoms with Gasteiger partial charge in [-0.2, -0.15) is 0 Å². The molecule has 4 heteroatoms. The van der Waals surface area contributed by atoms with Crippen molar-refractivity contribution in [2.24, 2.45) is 11.8 Å². The zero-order chi connectivity index (χ0) is 17.1. The summed E-state index contributed by atoms with van der Waals surface area (Å²) < 4.78 is 5.46. The number of methoxy groups -OCH3 is 1. The average Bonchev–Trinajstić information content (AvgIpc) is 2.96. The van der Waals surface area contributed by atoms with Crippen LogP contribution in [0.15, 0.2) is 18.2 Å². The number of aromatic amines is 1. The Bertz CT molecular complexity index is 799. The minimum absolute atomic E-state index is 0.312. The van der Waals surface area contributed by atoms with Crippen LogP contribution in [0.4, 0.5) is 0 Å². The lowest BCUT2D eigenvalue weighted by atomic mass is 9.62. The Kier molecular flexibility index (Phi) is 3.61. The van der Waals surface area contributed by atoms with Gasteiger partial charge in [0.25, 0.3) is 0 Å². The van der Waals surface area contributed by atoms with Gasteiger partial charge in [-0.1, -0.05) is 13.3 Å². The van der Waals surface area contributed by atoms with E-state index >= 15 is 0 Å². The molecule has 4 nitrogen and oxygen atoms in total. The summed E-state index contributed by atoms with van der Waals surface area (Å²) >= 11 is 0. The van der Waals surface area contributed by atoms with Gasteiger partial charge in [-0.05, 0) is 54.9 Å². The van der Waals surface area contributed by atoms with Crippen LogP contribution in [0.25, 0.3) is 10.9 Å². The smallest absolute Gasteiger partial charge is 0.119 e. The summed E-state index contributed by atoms with van der Waals surface area (Å²) in [4.78, 5) is 6.44. The van der Waals surface area contributed by atoms with E-state index in [1.807, 2.05) is 6.07 Å². The van der Waals surface area contributed by atoms with Crippen LogP contribution in [-0.4, -0.2) is 47.3 Å². The number of rotatable bonds is 3. The lowest BCUT2D eigenvalue weighted by Crippen LogP contribution is -2.62. The minimum Gasteiger partial charge on any atom is -0.497 e. The molecule has 2 N–H and O–H groups in total. The second kappa shape index (κ2) is 5.75. The van der Waals surface area contributed by atoms with Crippen LogP contribution >= 0.6 is 0 Å². The maximum Gasteiger partial charge on any atom is 0.119 e. The predicted octanol–water partition coefficient (Wildman–Crippen LogP) is 3.30. The maximum absolute atomic E-state index is 10.0. The number of nitrogens with zero attached hydrogens (tertiary/aromatic N) is 1. The summed E-state index contributed by atoms with van der Waals surface area (Å²) in [6.45, 7) is 3.72. The van der Waals surface area contributed by atoms with E-state index in [0.29, 0.717) is 30.5 Å². The van der Waals surface area contributed by atoms with E-state index < -0.39 is 0 Å². The third-order valence-corrected chi connectivity index (χ3v) is 7.26. The Morgan fingerprint density at radius 1 is 1.32 bits per heavy atom. The second-order valence-corrected chi connectivity index (χ2v) is 8.16. The van der Waals surface area contributed by atoms with Crippen LogP contribution in [0, 0.1) is 11.8 Å². The molecule has 3 aliphatic heterocycles. The summed E-state index contributed by atoms with van der Waals surface area (Å²) in [5.41, 5.74) is 4.20. The highest BCUT2D eigenvalue weighted by atomic mass is 16.5. The zero-order valence-corrected chi connectivity index (χ0v) is 15.2. The number of aromatic nitrogens is 1. The molecule has 134 valence electrons. The molecular weight excluding hydrogens is 312 g/mol. The van der Waals surface area contributed by atoms with Gasteiger partial charge >= 0.3 is 0 Å². The molecule has 6 atom stereocenters. The van der Waals surface area contributed by atoms with Crippen molar-refractivity contribution in [2.45, 2.75) is 50.6 Å². The molecular formula is C21H28N2O2. The van der Waals surface area contributed by atoms with E-state index in [4.69, 9.17) is 4.74 Å². The minimum atomic E-state index is 0.312. The van der Waals surface area contributed by atoms with Gasteiger partial charge in [0.1, 0.15) is 5.75 Å². The summed E-state index contributed by atoms with van der Waals surface area (Å²) in [6.07, 6.45) is 4.83. The van der Waals surface area contributed by atoms with Gasteiger partial charge in [0, 0.05) is 41.1 Å². The van der Waals surface area contributed by atoms with Crippen molar-refractivity contribution < 1.29 is 9.84 Å². The molecule has 2 saturated heterocycles. The first-order chi connectivity index (χ1) is 12.2. The third kappa shape index (κ3) is 2.13. The first-order valence-corrected chi connectivity index (χ1v) is 9.80. The highest BCUT2D eigenvalue weighted by Gasteiger charge is 2.52. The van der Waals surface area contributed by atoms with Crippen LogP contribution in [0.5, 0.6) is 5.75 Å². The number of nitrogens with one attached hydrogen (secondary N) is 1. The molecule has 3 fully saturated rings. The van der Waals surface area contributed by atoms with Crippen molar-refractivity contribution >= 4 is 10.9 Å². The van der Waals surface area contributed by atoms with Crippen LogP contribution < -0.4 is 4.74 Å². The summed E-state index contributed by atoms with van der Waals surface area (Å²) in [7, 11) is 1.74. The Morgan fingerprint density at radius 2 is 2.20 bits per heavy atom. The second-order valence-electron chi connectivity index (χ2n) is 8.16. The number of ether oxygens (including phenoxy) is 1. The quantitative estimate of drug-likeness (QED) is 0.901. The number of hydrogen-bond donors (Lipinski definition) is 2. The molecule has 25 heavy (non-hydrogen) atoms. The molecule has 6 rings (SSSR count). The van der Waals surface area contributed by atoms with Crippen LogP contribution in [-0.2, 0) is 6.42 Å². The van der Waals surface area contributed by atoms with Gasteiger partial charge in [0.05, 0.1) is 13.7 Å². The van der Waals surface area contributed by atoms with Gasteiger partial charge in [-0.3, -0.25) is 4.90 Å². The molecule has 0 radical (unpaired) electrons. The number of aliphatic hydroxyl groups is 1. The summed E-state index contributed by atoms with van der Waals surface area (Å²) in [5, 5.41) is 11.3. The normalized spacial score (nSPS) is 36.3. The number of H-pyrrole nitrogens is 1. The number of hydrogen-bond acceptors (Lipinski definition) is 3. The molecule has 1 aliphatic carbocycles. The molecule has 1 aromatic carbocycles.